The van der Waals surface area contributed by atoms with Crippen LogP contribution in [0.15, 0.2) is 6.20 Å². The minimum absolute atomic E-state index is 0.0521. The highest BCUT2D eigenvalue weighted by Crippen LogP contribution is 2.31. The Labute approximate surface area is 131 Å². The molecule has 1 N–H and O–H groups in total. The molecule has 1 aromatic heterocycles. The molecule has 0 unspecified atom stereocenters. The molecule has 128 valence electrons. The number of ether oxygens (including phenoxy) is 1. The first-order valence-corrected chi connectivity index (χ1v) is 7.42. The molecule has 0 spiro atoms. The number of nitrogens with one attached hydrogen (secondary N) is 1. The smallest absolute Gasteiger partial charge is 0.436 e. The summed E-state index contributed by atoms with van der Waals surface area (Å²) in [7, 11) is 0. The maximum Gasteiger partial charge on any atom is 0.436 e. The van der Waals surface area contributed by atoms with Gasteiger partial charge in [-0.25, -0.2) is 4.79 Å². The topological polar surface area (TPSA) is 73.2 Å². The van der Waals surface area contributed by atoms with Crippen molar-refractivity contribution in [3.8, 4) is 0 Å². The average Bonchev–Trinajstić information content (AvgIpc) is 3.07. The third-order valence-corrected chi connectivity index (χ3v) is 3.55. The van der Waals surface area contributed by atoms with E-state index < -0.39 is 29.3 Å². The second-order valence-corrected chi connectivity index (χ2v) is 5.36. The quantitative estimate of drug-likeness (QED) is 0.838. The number of halogens is 3. The number of amides is 1. The Morgan fingerprint density at radius 3 is 2.61 bits per heavy atom. The van der Waals surface area contributed by atoms with Crippen molar-refractivity contribution >= 4 is 11.9 Å². The van der Waals surface area contributed by atoms with Gasteiger partial charge >= 0.3 is 12.1 Å². The number of alkyl halides is 3. The van der Waals surface area contributed by atoms with Crippen LogP contribution in [0.2, 0.25) is 0 Å². The molecule has 9 heteroatoms. The van der Waals surface area contributed by atoms with Gasteiger partial charge in [0.25, 0.3) is 0 Å². The van der Waals surface area contributed by atoms with Gasteiger partial charge in [-0.2, -0.15) is 18.3 Å². The van der Waals surface area contributed by atoms with Crippen LogP contribution in [0.5, 0.6) is 0 Å². The van der Waals surface area contributed by atoms with E-state index in [4.69, 9.17) is 0 Å². The fourth-order valence-electron chi connectivity index (χ4n) is 2.56. The molecule has 23 heavy (non-hydrogen) atoms. The molecule has 1 saturated carbocycles. The third kappa shape index (κ3) is 4.46. The van der Waals surface area contributed by atoms with E-state index in [1.807, 2.05) is 0 Å². The molecule has 1 aliphatic rings. The van der Waals surface area contributed by atoms with Gasteiger partial charge in [-0.15, -0.1) is 0 Å². The van der Waals surface area contributed by atoms with Crippen LogP contribution in [0.1, 0.15) is 48.7 Å². The van der Waals surface area contributed by atoms with E-state index in [1.54, 1.807) is 0 Å². The largest absolute Gasteiger partial charge is 0.462 e. The molecule has 1 aliphatic carbocycles. The maximum atomic E-state index is 12.9. The summed E-state index contributed by atoms with van der Waals surface area (Å²) in [4.78, 5) is 23.5. The Bertz CT molecular complexity index is 578. The first-order valence-electron chi connectivity index (χ1n) is 7.42. The first-order chi connectivity index (χ1) is 10.8. The first kappa shape index (κ1) is 17.3. The molecule has 6 nitrogen and oxygen atoms in total. The van der Waals surface area contributed by atoms with Crippen LogP contribution >= 0.6 is 0 Å². The normalized spacial score (nSPS) is 15.7. The summed E-state index contributed by atoms with van der Waals surface area (Å²) in [5.41, 5.74) is -2.03. The zero-order chi connectivity index (χ0) is 17.0. The van der Waals surface area contributed by atoms with Crippen LogP contribution < -0.4 is 5.32 Å². The molecule has 1 fully saturated rings. The molecule has 0 aromatic carbocycles. The van der Waals surface area contributed by atoms with Crippen LogP contribution in [0.4, 0.5) is 13.2 Å². The number of hydrogen-bond acceptors (Lipinski definition) is 4. The van der Waals surface area contributed by atoms with Gasteiger partial charge in [0, 0.05) is 12.2 Å². The van der Waals surface area contributed by atoms with E-state index in [0.717, 1.165) is 36.6 Å². The van der Waals surface area contributed by atoms with Crippen molar-refractivity contribution in [1.29, 1.82) is 0 Å². The molecule has 2 rings (SSSR count). The molecular formula is C14H18F3N3O3. The van der Waals surface area contributed by atoms with Gasteiger partial charge in [-0.3, -0.25) is 9.48 Å². The maximum absolute atomic E-state index is 12.9. The summed E-state index contributed by atoms with van der Waals surface area (Å²) < 4.78 is 44.2. The Hall–Kier alpha value is -2.06. The number of hydrogen-bond donors (Lipinski definition) is 1. The van der Waals surface area contributed by atoms with Crippen molar-refractivity contribution in [2.45, 2.75) is 51.4 Å². The zero-order valence-corrected chi connectivity index (χ0v) is 12.7. The van der Waals surface area contributed by atoms with Crippen molar-refractivity contribution in [3.63, 3.8) is 0 Å². The SMILES string of the molecule is CCOC(=O)c1cn(CC(=O)NC2CCCC2)nc1C(F)(F)F. The van der Waals surface area contributed by atoms with Gasteiger partial charge in [0.05, 0.1) is 6.61 Å². The number of nitrogens with zero attached hydrogens (tertiary/aromatic N) is 2. The molecule has 0 saturated heterocycles. The molecule has 1 heterocycles. The summed E-state index contributed by atoms with van der Waals surface area (Å²) in [5, 5.41) is 6.08. The number of rotatable bonds is 5. The minimum Gasteiger partial charge on any atom is -0.462 e. The Morgan fingerprint density at radius 1 is 1.39 bits per heavy atom. The number of carbonyl (C=O) groups excluding carboxylic acids is 2. The Morgan fingerprint density at radius 2 is 2.04 bits per heavy atom. The van der Waals surface area contributed by atoms with E-state index in [1.165, 1.54) is 6.92 Å². The third-order valence-electron chi connectivity index (χ3n) is 3.55. The van der Waals surface area contributed by atoms with Crippen LogP contribution in [-0.2, 0) is 22.3 Å². The second-order valence-electron chi connectivity index (χ2n) is 5.36. The number of esters is 1. The van der Waals surface area contributed by atoms with Gasteiger partial charge in [0.2, 0.25) is 5.91 Å². The van der Waals surface area contributed by atoms with Crippen molar-refractivity contribution in [2.75, 3.05) is 6.61 Å². The van der Waals surface area contributed by atoms with Crippen LogP contribution in [0.3, 0.4) is 0 Å². The van der Waals surface area contributed by atoms with Crippen molar-refractivity contribution in [3.05, 3.63) is 17.5 Å². The van der Waals surface area contributed by atoms with Gasteiger partial charge < -0.3 is 10.1 Å². The van der Waals surface area contributed by atoms with Gasteiger partial charge in [0.15, 0.2) is 5.69 Å². The lowest BCUT2D eigenvalue weighted by Gasteiger charge is -2.11. The van der Waals surface area contributed by atoms with Gasteiger partial charge in [0.1, 0.15) is 12.1 Å². The molecule has 0 aliphatic heterocycles. The highest BCUT2D eigenvalue weighted by molar-refractivity contribution is 5.90. The monoisotopic (exact) mass is 333 g/mol. The molecule has 0 atom stereocenters. The van der Waals surface area contributed by atoms with Crippen LogP contribution in [0.25, 0.3) is 0 Å². The van der Waals surface area contributed by atoms with E-state index >= 15 is 0 Å². The van der Waals surface area contributed by atoms with Gasteiger partial charge in [-0.05, 0) is 19.8 Å². The molecule has 1 aromatic rings. The Balaban J connectivity index is 2.12. The summed E-state index contributed by atoms with van der Waals surface area (Å²) in [5.74, 6) is -1.54. The lowest BCUT2D eigenvalue weighted by Crippen LogP contribution is -2.35. The highest BCUT2D eigenvalue weighted by atomic mass is 19.4. The van der Waals surface area contributed by atoms with Crippen LogP contribution in [-0.4, -0.2) is 34.3 Å². The van der Waals surface area contributed by atoms with Crippen molar-refractivity contribution in [2.24, 2.45) is 0 Å². The molecule has 0 bridgehead atoms. The summed E-state index contributed by atoms with van der Waals surface area (Å²) in [6.07, 6.45) is -0.111. The predicted molar refractivity (Wildman–Crippen MR) is 73.6 cm³/mol. The fraction of sp³-hybridized carbons (Fsp3) is 0.643. The molecular weight excluding hydrogens is 315 g/mol. The lowest BCUT2D eigenvalue weighted by atomic mass is 10.2. The van der Waals surface area contributed by atoms with E-state index in [-0.39, 0.29) is 19.2 Å². The number of carbonyl (C=O) groups is 2. The zero-order valence-electron chi connectivity index (χ0n) is 12.7. The predicted octanol–water partition coefficient (Wildman–Crippen LogP) is 2.14. The number of aromatic nitrogens is 2. The van der Waals surface area contributed by atoms with Crippen molar-refractivity contribution in [1.82, 2.24) is 15.1 Å². The van der Waals surface area contributed by atoms with E-state index in [0.29, 0.717) is 0 Å². The molecule has 1 amide bonds. The Kier molecular flexibility index (Phi) is 5.27. The standard InChI is InChI=1S/C14H18F3N3O3/c1-2-23-13(22)10-7-20(19-12(10)14(15,16)17)8-11(21)18-9-5-3-4-6-9/h7,9H,2-6,8H2,1H3,(H,18,21). The van der Waals surface area contributed by atoms with E-state index in [2.05, 4.69) is 15.2 Å². The summed E-state index contributed by atoms with van der Waals surface area (Å²) >= 11 is 0. The summed E-state index contributed by atoms with van der Waals surface area (Å²) in [6.45, 7) is 1.06. The fourth-order valence-corrected chi connectivity index (χ4v) is 2.56. The minimum atomic E-state index is -4.80. The summed E-state index contributed by atoms with van der Waals surface area (Å²) in [6, 6.07) is 0.0599. The van der Waals surface area contributed by atoms with Gasteiger partial charge in [-0.1, -0.05) is 12.8 Å². The van der Waals surface area contributed by atoms with E-state index in [9.17, 15) is 22.8 Å². The van der Waals surface area contributed by atoms with Crippen LogP contribution in [0, 0.1) is 0 Å². The highest BCUT2D eigenvalue weighted by Gasteiger charge is 2.39. The van der Waals surface area contributed by atoms with Crippen molar-refractivity contribution < 1.29 is 27.5 Å². The average molecular weight is 333 g/mol. The second kappa shape index (κ2) is 7.01. The molecule has 0 radical (unpaired) electrons. The lowest BCUT2D eigenvalue weighted by molar-refractivity contribution is -0.142.